The van der Waals surface area contributed by atoms with E-state index in [-0.39, 0.29) is 0 Å². The van der Waals surface area contributed by atoms with Crippen molar-refractivity contribution in [1.82, 2.24) is 14.8 Å². The highest BCUT2D eigenvalue weighted by Gasteiger charge is 2.11. The zero-order chi connectivity index (χ0) is 16.9. The van der Waals surface area contributed by atoms with Gasteiger partial charge in [0.15, 0.2) is 0 Å². The molecule has 0 saturated carbocycles. The molecule has 25 heavy (non-hydrogen) atoms. The van der Waals surface area contributed by atoms with E-state index in [1.807, 2.05) is 0 Å². The molecule has 1 N–H and O–H groups in total. The Hall–Kier alpha value is -2.10. The van der Waals surface area contributed by atoms with Gasteiger partial charge in [0.2, 0.25) is 0 Å². The Bertz CT molecular complexity index is 801. The Morgan fingerprint density at radius 2 is 1.64 bits per heavy atom. The molecular formula is C22H27N3. The summed E-state index contributed by atoms with van der Waals surface area (Å²) in [6, 6.07) is 19.6. The number of benzene rings is 2. The normalized spacial score (nSPS) is 15.7. The van der Waals surface area contributed by atoms with Crippen LogP contribution >= 0.6 is 0 Å². The van der Waals surface area contributed by atoms with E-state index in [4.69, 9.17) is 0 Å². The monoisotopic (exact) mass is 333 g/mol. The standard InChI is InChI=1S/C22H27N3/c1-2-7-19(8-3-1)17-25-18-20(21-10-4-5-11-22(21)25)9-6-14-24-15-12-23-13-16-24/h1-5,7-8,10-11,18,23H,6,9,12-17H2. The van der Waals surface area contributed by atoms with Crippen molar-refractivity contribution in [2.75, 3.05) is 32.7 Å². The third kappa shape index (κ3) is 3.94. The summed E-state index contributed by atoms with van der Waals surface area (Å²) < 4.78 is 2.41. The fraction of sp³-hybridized carbons (Fsp3) is 0.364. The van der Waals surface area contributed by atoms with Crippen molar-refractivity contribution in [1.29, 1.82) is 0 Å². The Kier molecular flexibility index (Phi) is 5.14. The molecule has 1 aliphatic rings. The van der Waals surface area contributed by atoms with Crippen molar-refractivity contribution in [3.8, 4) is 0 Å². The number of hydrogen-bond donors (Lipinski definition) is 1. The molecule has 130 valence electrons. The molecule has 1 aromatic heterocycles. The zero-order valence-electron chi connectivity index (χ0n) is 14.8. The predicted octanol–water partition coefficient (Wildman–Crippen LogP) is 3.53. The number of aromatic nitrogens is 1. The quantitative estimate of drug-likeness (QED) is 0.745. The number of aryl methyl sites for hydroxylation is 1. The molecule has 3 aromatic rings. The molecule has 2 aromatic carbocycles. The van der Waals surface area contributed by atoms with Gasteiger partial charge in [-0.15, -0.1) is 0 Å². The predicted molar refractivity (Wildman–Crippen MR) is 105 cm³/mol. The number of hydrogen-bond acceptors (Lipinski definition) is 2. The van der Waals surface area contributed by atoms with Gasteiger partial charge in [-0.2, -0.15) is 0 Å². The molecule has 3 nitrogen and oxygen atoms in total. The van der Waals surface area contributed by atoms with Crippen LogP contribution in [-0.4, -0.2) is 42.2 Å². The van der Waals surface area contributed by atoms with E-state index < -0.39 is 0 Å². The number of nitrogens with zero attached hydrogens (tertiary/aromatic N) is 2. The average molecular weight is 333 g/mol. The zero-order valence-corrected chi connectivity index (χ0v) is 14.8. The third-order valence-electron chi connectivity index (χ3n) is 5.20. The highest BCUT2D eigenvalue weighted by atomic mass is 15.2. The highest BCUT2D eigenvalue weighted by Crippen LogP contribution is 2.23. The van der Waals surface area contributed by atoms with Gasteiger partial charge in [-0.05, 0) is 36.6 Å². The molecule has 2 heterocycles. The first-order chi connectivity index (χ1) is 12.4. The van der Waals surface area contributed by atoms with Crippen LogP contribution < -0.4 is 5.32 Å². The van der Waals surface area contributed by atoms with Crippen molar-refractivity contribution in [2.24, 2.45) is 0 Å². The minimum absolute atomic E-state index is 0.944. The van der Waals surface area contributed by atoms with Crippen LogP contribution in [0.2, 0.25) is 0 Å². The van der Waals surface area contributed by atoms with Gasteiger partial charge in [0, 0.05) is 49.8 Å². The first kappa shape index (κ1) is 16.4. The van der Waals surface area contributed by atoms with Crippen molar-refractivity contribution in [2.45, 2.75) is 19.4 Å². The topological polar surface area (TPSA) is 20.2 Å². The lowest BCUT2D eigenvalue weighted by atomic mass is 10.1. The fourth-order valence-electron chi connectivity index (χ4n) is 3.86. The molecule has 0 radical (unpaired) electrons. The maximum Gasteiger partial charge on any atom is 0.0486 e. The van der Waals surface area contributed by atoms with Crippen LogP contribution in [0.1, 0.15) is 17.5 Å². The van der Waals surface area contributed by atoms with Gasteiger partial charge >= 0.3 is 0 Å². The summed E-state index contributed by atoms with van der Waals surface area (Å²) in [5.74, 6) is 0. The van der Waals surface area contributed by atoms with Crippen LogP contribution in [0.5, 0.6) is 0 Å². The van der Waals surface area contributed by atoms with Crippen LogP contribution in [0, 0.1) is 0 Å². The Morgan fingerprint density at radius 1 is 0.880 bits per heavy atom. The second-order valence-corrected chi connectivity index (χ2v) is 6.98. The Morgan fingerprint density at radius 3 is 2.48 bits per heavy atom. The van der Waals surface area contributed by atoms with E-state index in [0.29, 0.717) is 0 Å². The lowest BCUT2D eigenvalue weighted by Crippen LogP contribution is -2.43. The van der Waals surface area contributed by atoms with E-state index in [1.54, 1.807) is 0 Å². The Labute approximate surface area is 150 Å². The van der Waals surface area contributed by atoms with Crippen LogP contribution in [0.15, 0.2) is 60.8 Å². The minimum Gasteiger partial charge on any atom is -0.343 e. The number of rotatable bonds is 6. The van der Waals surface area contributed by atoms with Crippen molar-refractivity contribution in [3.63, 3.8) is 0 Å². The van der Waals surface area contributed by atoms with Gasteiger partial charge < -0.3 is 14.8 Å². The van der Waals surface area contributed by atoms with Gasteiger partial charge in [-0.25, -0.2) is 0 Å². The Balaban J connectivity index is 1.48. The maximum absolute atomic E-state index is 3.43. The van der Waals surface area contributed by atoms with E-state index in [0.717, 1.165) is 26.1 Å². The third-order valence-corrected chi connectivity index (χ3v) is 5.20. The van der Waals surface area contributed by atoms with Crippen molar-refractivity contribution in [3.05, 3.63) is 71.9 Å². The summed E-state index contributed by atoms with van der Waals surface area (Å²) in [7, 11) is 0. The van der Waals surface area contributed by atoms with Crippen molar-refractivity contribution >= 4 is 10.9 Å². The molecule has 0 atom stereocenters. The summed E-state index contributed by atoms with van der Waals surface area (Å²) in [5.41, 5.74) is 4.20. The average Bonchev–Trinajstić information content (AvgIpc) is 3.01. The molecule has 1 aliphatic heterocycles. The summed E-state index contributed by atoms with van der Waals surface area (Å²) in [4.78, 5) is 2.58. The largest absolute Gasteiger partial charge is 0.343 e. The number of piperazine rings is 1. The molecule has 0 spiro atoms. The minimum atomic E-state index is 0.944. The highest BCUT2D eigenvalue weighted by molar-refractivity contribution is 5.84. The summed E-state index contributed by atoms with van der Waals surface area (Å²) in [5, 5.41) is 4.84. The smallest absolute Gasteiger partial charge is 0.0486 e. The molecule has 0 aliphatic carbocycles. The fourth-order valence-corrected chi connectivity index (χ4v) is 3.86. The van der Waals surface area contributed by atoms with Gasteiger partial charge in [-0.3, -0.25) is 0 Å². The maximum atomic E-state index is 3.43. The lowest BCUT2D eigenvalue weighted by Gasteiger charge is -2.26. The number of fused-ring (bicyclic) bond motifs is 1. The molecule has 4 rings (SSSR count). The second kappa shape index (κ2) is 7.85. The van der Waals surface area contributed by atoms with E-state index in [2.05, 4.69) is 75.6 Å². The number of para-hydroxylation sites is 1. The van der Waals surface area contributed by atoms with Crippen LogP contribution in [0.4, 0.5) is 0 Å². The van der Waals surface area contributed by atoms with Crippen molar-refractivity contribution < 1.29 is 0 Å². The first-order valence-electron chi connectivity index (χ1n) is 9.44. The molecule has 0 bridgehead atoms. The van der Waals surface area contributed by atoms with Crippen LogP contribution in [0.25, 0.3) is 10.9 Å². The van der Waals surface area contributed by atoms with E-state index in [9.17, 15) is 0 Å². The summed E-state index contributed by atoms with van der Waals surface area (Å²) in [6.45, 7) is 6.80. The molecule has 1 fully saturated rings. The summed E-state index contributed by atoms with van der Waals surface area (Å²) in [6.07, 6.45) is 4.76. The van der Waals surface area contributed by atoms with Gasteiger partial charge in [-0.1, -0.05) is 48.5 Å². The second-order valence-electron chi connectivity index (χ2n) is 6.98. The molecular weight excluding hydrogens is 306 g/mol. The first-order valence-corrected chi connectivity index (χ1v) is 9.44. The summed E-state index contributed by atoms with van der Waals surface area (Å²) >= 11 is 0. The number of nitrogens with one attached hydrogen (secondary N) is 1. The molecule has 3 heteroatoms. The molecule has 0 unspecified atom stereocenters. The van der Waals surface area contributed by atoms with Gasteiger partial charge in [0.1, 0.15) is 0 Å². The SMILES string of the molecule is c1ccc(Cn2cc(CCCN3CCNCC3)c3ccccc32)cc1. The van der Waals surface area contributed by atoms with E-state index in [1.165, 1.54) is 48.1 Å². The molecule has 0 amide bonds. The lowest BCUT2D eigenvalue weighted by molar-refractivity contribution is 0.238. The van der Waals surface area contributed by atoms with Crippen LogP contribution in [0.3, 0.4) is 0 Å². The van der Waals surface area contributed by atoms with Gasteiger partial charge in [0.05, 0.1) is 0 Å². The van der Waals surface area contributed by atoms with Crippen LogP contribution in [-0.2, 0) is 13.0 Å². The van der Waals surface area contributed by atoms with Gasteiger partial charge in [0.25, 0.3) is 0 Å². The van der Waals surface area contributed by atoms with E-state index >= 15 is 0 Å². The molecule has 1 saturated heterocycles.